The van der Waals surface area contributed by atoms with Crippen molar-refractivity contribution in [2.45, 2.75) is 19.8 Å². The fourth-order valence-electron chi connectivity index (χ4n) is 4.15. The highest BCUT2D eigenvalue weighted by Crippen LogP contribution is 2.44. The molecule has 0 bridgehead atoms. The second-order valence-electron chi connectivity index (χ2n) is 7.31. The molecule has 0 radical (unpaired) electrons. The molecule has 1 amide bonds. The van der Waals surface area contributed by atoms with Gasteiger partial charge in [0, 0.05) is 10.4 Å². The first-order valence-electron chi connectivity index (χ1n) is 9.53. The summed E-state index contributed by atoms with van der Waals surface area (Å²) in [6.07, 6.45) is -0.624. The second kappa shape index (κ2) is 7.95. The Kier molecular flexibility index (Phi) is 5.35. The summed E-state index contributed by atoms with van der Waals surface area (Å²) in [5.74, 6) is -1.08. The average Bonchev–Trinajstić information content (AvgIpc) is 3.03. The molecule has 1 aliphatic carbocycles. The second-order valence-corrected chi connectivity index (χ2v) is 8.16. The minimum absolute atomic E-state index is 0.0414. The van der Waals surface area contributed by atoms with Crippen LogP contribution in [-0.2, 0) is 4.74 Å². The molecule has 1 aliphatic rings. The van der Waals surface area contributed by atoms with Crippen LogP contribution in [0.2, 0.25) is 0 Å². The number of rotatable bonds is 4. The van der Waals surface area contributed by atoms with Crippen molar-refractivity contribution < 1.29 is 19.4 Å². The number of nitrogens with one attached hydrogen (secondary N) is 1. The van der Waals surface area contributed by atoms with Gasteiger partial charge >= 0.3 is 12.1 Å². The number of anilines is 1. The van der Waals surface area contributed by atoms with Gasteiger partial charge in [-0.25, -0.2) is 9.59 Å². The van der Waals surface area contributed by atoms with Gasteiger partial charge in [0.2, 0.25) is 0 Å². The van der Waals surface area contributed by atoms with E-state index in [-0.39, 0.29) is 18.1 Å². The van der Waals surface area contributed by atoms with E-state index in [2.05, 4.69) is 45.5 Å². The standard InChI is InChI=1S/C24H20BrNO4/c1-13-11-20(25)22(14(2)21(13)23(27)28)26-24(29)30-12-19-17-9-5-3-7-15(17)16-8-4-6-10-18(16)19/h3-11,19H,12H2,1-2H3,(H,26,29)(H,27,28). The number of carbonyl (C=O) groups excluding carboxylic acids is 1. The van der Waals surface area contributed by atoms with E-state index in [1.54, 1.807) is 19.9 Å². The van der Waals surface area contributed by atoms with Crippen LogP contribution in [0.4, 0.5) is 10.5 Å². The number of halogens is 1. The topological polar surface area (TPSA) is 75.6 Å². The summed E-state index contributed by atoms with van der Waals surface area (Å²) >= 11 is 3.41. The number of carboxylic acid groups (broad SMARTS) is 1. The van der Waals surface area contributed by atoms with E-state index in [0.29, 0.717) is 21.3 Å². The number of carboxylic acids is 1. The van der Waals surface area contributed by atoms with Crippen molar-refractivity contribution in [3.63, 3.8) is 0 Å². The van der Waals surface area contributed by atoms with Crippen LogP contribution in [-0.4, -0.2) is 23.8 Å². The lowest BCUT2D eigenvalue weighted by Crippen LogP contribution is -2.19. The Hall–Kier alpha value is -3.12. The monoisotopic (exact) mass is 465 g/mol. The quantitative estimate of drug-likeness (QED) is 0.486. The summed E-state index contributed by atoms with van der Waals surface area (Å²) < 4.78 is 6.17. The first-order chi connectivity index (χ1) is 14.4. The van der Waals surface area contributed by atoms with Crippen LogP contribution in [0.5, 0.6) is 0 Å². The molecule has 0 fully saturated rings. The number of fused-ring (bicyclic) bond motifs is 3. The predicted octanol–water partition coefficient (Wildman–Crippen LogP) is 6.13. The van der Waals surface area contributed by atoms with Crippen LogP contribution in [0, 0.1) is 13.8 Å². The lowest BCUT2D eigenvalue weighted by molar-refractivity contribution is 0.0695. The fraction of sp³-hybridized carbons (Fsp3) is 0.167. The molecule has 0 aliphatic heterocycles. The number of amides is 1. The van der Waals surface area contributed by atoms with Gasteiger partial charge in [0.15, 0.2) is 0 Å². The van der Waals surface area contributed by atoms with Gasteiger partial charge in [-0.1, -0.05) is 48.5 Å². The number of carbonyl (C=O) groups is 2. The molecule has 5 nitrogen and oxygen atoms in total. The number of aryl methyl sites for hydroxylation is 1. The summed E-state index contributed by atoms with van der Waals surface area (Å²) in [6, 6.07) is 17.9. The maximum absolute atomic E-state index is 12.6. The lowest BCUT2D eigenvalue weighted by Gasteiger charge is -2.17. The van der Waals surface area contributed by atoms with Crippen LogP contribution in [0.3, 0.4) is 0 Å². The molecular weight excluding hydrogens is 446 g/mol. The number of aromatic carboxylic acids is 1. The largest absolute Gasteiger partial charge is 0.478 e. The van der Waals surface area contributed by atoms with E-state index < -0.39 is 12.1 Å². The molecule has 3 aromatic rings. The van der Waals surface area contributed by atoms with Gasteiger partial charge < -0.3 is 9.84 Å². The fourth-order valence-corrected chi connectivity index (χ4v) is 4.89. The van der Waals surface area contributed by atoms with Crippen molar-refractivity contribution in [1.29, 1.82) is 0 Å². The van der Waals surface area contributed by atoms with Gasteiger partial charge in [0.1, 0.15) is 6.61 Å². The molecule has 0 heterocycles. The Bertz CT molecular complexity index is 1130. The summed E-state index contributed by atoms with van der Waals surface area (Å²) in [5, 5.41) is 12.2. The molecule has 0 spiro atoms. The SMILES string of the molecule is Cc1cc(Br)c(NC(=O)OCC2c3ccccc3-c3ccccc32)c(C)c1C(=O)O. The van der Waals surface area contributed by atoms with Crippen molar-refractivity contribution in [2.75, 3.05) is 11.9 Å². The molecule has 0 atom stereocenters. The summed E-state index contributed by atoms with van der Waals surface area (Å²) in [4.78, 5) is 24.1. The Morgan fingerprint density at radius 1 is 1.03 bits per heavy atom. The highest BCUT2D eigenvalue weighted by atomic mass is 79.9. The Labute approximate surface area is 182 Å². The van der Waals surface area contributed by atoms with E-state index in [9.17, 15) is 14.7 Å². The zero-order valence-corrected chi connectivity index (χ0v) is 18.1. The van der Waals surface area contributed by atoms with E-state index >= 15 is 0 Å². The van der Waals surface area contributed by atoms with Crippen molar-refractivity contribution in [1.82, 2.24) is 0 Å². The molecule has 2 N–H and O–H groups in total. The minimum Gasteiger partial charge on any atom is -0.478 e. The van der Waals surface area contributed by atoms with E-state index in [1.165, 1.54) is 0 Å². The Morgan fingerprint density at radius 3 is 2.17 bits per heavy atom. The van der Waals surface area contributed by atoms with Crippen molar-refractivity contribution in [2.24, 2.45) is 0 Å². The molecule has 0 unspecified atom stereocenters. The molecule has 0 saturated heterocycles. The number of hydrogen-bond donors (Lipinski definition) is 2. The van der Waals surface area contributed by atoms with Gasteiger partial charge in [-0.05, 0) is 69.2 Å². The van der Waals surface area contributed by atoms with Crippen LogP contribution < -0.4 is 5.32 Å². The maximum atomic E-state index is 12.6. The average molecular weight is 466 g/mol. The molecule has 3 aromatic carbocycles. The first kappa shape index (κ1) is 20.2. The predicted molar refractivity (Wildman–Crippen MR) is 119 cm³/mol. The van der Waals surface area contributed by atoms with Crippen molar-refractivity contribution in [3.8, 4) is 11.1 Å². The van der Waals surface area contributed by atoms with E-state index in [4.69, 9.17) is 4.74 Å². The highest BCUT2D eigenvalue weighted by Gasteiger charge is 2.29. The zero-order chi connectivity index (χ0) is 21.4. The molecule has 0 saturated carbocycles. The summed E-state index contributed by atoms with van der Waals surface area (Å²) in [5.41, 5.74) is 6.24. The maximum Gasteiger partial charge on any atom is 0.411 e. The van der Waals surface area contributed by atoms with Crippen LogP contribution >= 0.6 is 15.9 Å². The summed E-state index contributed by atoms with van der Waals surface area (Å²) in [6.45, 7) is 3.58. The van der Waals surface area contributed by atoms with Gasteiger partial charge in [0.25, 0.3) is 0 Å². The number of benzene rings is 3. The van der Waals surface area contributed by atoms with Crippen LogP contribution in [0.25, 0.3) is 11.1 Å². The van der Waals surface area contributed by atoms with E-state index in [0.717, 1.165) is 22.3 Å². The highest BCUT2D eigenvalue weighted by molar-refractivity contribution is 9.10. The Morgan fingerprint density at radius 2 is 1.60 bits per heavy atom. The first-order valence-corrected chi connectivity index (χ1v) is 10.3. The molecular formula is C24H20BrNO4. The molecule has 0 aromatic heterocycles. The number of ether oxygens (including phenoxy) is 1. The zero-order valence-electron chi connectivity index (χ0n) is 16.5. The third-order valence-corrected chi connectivity index (χ3v) is 6.14. The van der Waals surface area contributed by atoms with Crippen molar-refractivity contribution >= 4 is 33.7 Å². The molecule has 6 heteroatoms. The van der Waals surface area contributed by atoms with E-state index in [1.807, 2.05) is 24.3 Å². The lowest BCUT2D eigenvalue weighted by atomic mass is 9.98. The van der Waals surface area contributed by atoms with Crippen molar-refractivity contribution in [3.05, 3.63) is 86.9 Å². The third-order valence-electron chi connectivity index (χ3n) is 5.51. The van der Waals surface area contributed by atoms with Gasteiger partial charge in [-0.2, -0.15) is 0 Å². The minimum atomic E-state index is -1.03. The molecule has 4 rings (SSSR count). The van der Waals surface area contributed by atoms with Crippen LogP contribution in [0.15, 0.2) is 59.1 Å². The summed E-state index contributed by atoms with van der Waals surface area (Å²) in [7, 11) is 0. The molecule has 30 heavy (non-hydrogen) atoms. The number of hydrogen-bond acceptors (Lipinski definition) is 3. The normalized spacial score (nSPS) is 12.2. The van der Waals surface area contributed by atoms with Gasteiger partial charge in [-0.3, -0.25) is 5.32 Å². The smallest absolute Gasteiger partial charge is 0.411 e. The third kappa shape index (κ3) is 3.48. The van der Waals surface area contributed by atoms with Gasteiger partial charge in [-0.15, -0.1) is 0 Å². The van der Waals surface area contributed by atoms with Gasteiger partial charge in [0.05, 0.1) is 11.3 Å². The Balaban J connectivity index is 1.55. The van der Waals surface area contributed by atoms with Crippen LogP contribution in [0.1, 0.15) is 38.5 Å². The molecule has 152 valence electrons.